The van der Waals surface area contributed by atoms with E-state index in [0.717, 1.165) is 12.0 Å². The molecule has 1 atom stereocenters. The Bertz CT molecular complexity index is 1130. The summed E-state index contributed by atoms with van der Waals surface area (Å²) in [5, 5.41) is 12.1. The van der Waals surface area contributed by atoms with Crippen LogP contribution in [0.2, 0.25) is 0 Å². The first-order valence-corrected chi connectivity index (χ1v) is 11.3. The molecule has 1 aliphatic rings. The third kappa shape index (κ3) is 4.29. The van der Waals surface area contributed by atoms with Crippen molar-refractivity contribution in [1.82, 2.24) is 25.3 Å². The predicted molar refractivity (Wildman–Crippen MR) is 121 cm³/mol. The van der Waals surface area contributed by atoms with Gasteiger partial charge < -0.3 is 15.5 Å². The van der Waals surface area contributed by atoms with E-state index in [2.05, 4.69) is 15.7 Å². The molecule has 0 radical (unpaired) electrons. The molecule has 32 heavy (non-hydrogen) atoms. The number of aromatic nitrogens is 2. The van der Waals surface area contributed by atoms with Crippen molar-refractivity contribution in [2.24, 2.45) is 0 Å². The van der Waals surface area contributed by atoms with Crippen molar-refractivity contribution in [2.45, 2.75) is 32.0 Å². The molecule has 2 N–H and O–H groups in total. The second-order valence-corrected chi connectivity index (χ2v) is 9.00. The molecule has 3 heterocycles. The normalized spacial score (nSPS) is 17.7. The van der Waals surface area contributed by atoms with Crippen LogP contribution < -0.4 is 10.6 Å². The third-order valence-corrected chi connectivity index (χ3v) is 6.69. The van der Waals surface area contributed by atoms with Gasteiger partial charge in [0.1, 0.15) is 11.2 Å². The monoisotopic (exact) mass is 451 g/mol. The minimum atomic E-state index is -1.13. The summed E-state index contributed by atoms with van der Waals surface area (Å²) in [4.78, 5) is 41.1. The van der Waals surface area contributed by atoms with Gasteiger partial charge in [0.15, 0.2) is 5.69 Å². The molecular weight excluding hydrogens is 426 g/mol. The Morgan fingerprint density at radius 1 is 1.16 bits per heavy atom. The minimum Gasteiger partial charge on any atom is -0.350 e. The van der Waals surface area contributed by atoms with Crippen LogP contribution in [-0.4, -0.2) is 51.5 Å². The maximum Gasteiger partial charge on any atom is 0.272 e. The van der Waals surface area contributed by atoms with Crippen molar-refractivity contribution >= 4 is 29.1 Å². The molecular formula is C23H25N5O3S. The summed E-state index contributed by atoms with van der Waals surface area (Å²) >= 11 is 1.64. The van der Waals surface area contributed by atoms with E-state index in [0.29, 0.717) is 18.8 Å². The number of hydrogen-bond donors (Lipinski definition) is 2. The Morgan fingerprint density at radius 3 is 2.66 bits per heavy atom. The van der Waals surface area contributed by atoms with Crippen LogP contribution in [0.5, 0.6) is 0 Å². The third-order valence-electron chi connectivity index (χ3n) is 5.76. The molecule has 2 aromatic heterocycles. The molecule has 0 saturated heterocycles. The van der Waals surface area contributed by atoms with Gasteiger partial charge in [-0.05, 0) is 30.4 Å². The van der Waals surface area contributed by atoms with Gasteiger partial charge in [0, 0.05) is 31.1 Å². The number of carbonyl (C=O) groups excluding carboxylic acids is 3. The van der Waals surface area contributed by atoms with Gasteiger partial charge in [0.25, 0.3) is 11.8 Å². The lowest BCUT2D eigenvalue weighted by Crippen LogP contribution is -2.62. The smallest absolute Gasteiger partial charge is 0.272 e. The van der Waals surface area contributed by atoms with E-state index < -0.39 is 5.54 Å². The van der Waals surface area contributed by atoms with Gasteiger partial charge in [-0.3, -0.25) is 19.1 Å². The number of hydrogen-bond acceptors (Lipinski definition) is 5. The number of nitrogens with one attached hydrogen (secondary N) is 2. The van der Waals surface area contributed by atoms with E-state index in [1.165, 1.54) is 20.5 Å². The van der Waals surface area contributed by atoms with Crippen molar-refractivity contribution in [1.29, 1.82) is 0 Å². The van der Waals surface area contributed by atoms with Crippen LogP contribution in [0, 0.1) is 0 Å². The van der Waals surface area contributed by atoms with Gasteiger partial charge in [-0.1, -0.05) is 36.4 Å². The summed E-state index contributed by atoms with van der Waals surface area (Å²) in [6.07, 6.45) is 0.734. The summed E-state index contributed by atoms with van der Waals surface area (Å²) in [5.74, 6) is -0.965. The van der Waals surface area contributed by atoms with Crippen LogP contribution in [0.4, 0.5) is 0 Å². The Morgan fingerprint density at radius 2 is 1.94 bits per heavy atom. The second-order valence-electron chi connectivity index (χ2n) is 7.96. The molecule has 1 unspecified atom stereocenters. The maximum atomic E-state index is 13.0. The molecule has 0 aliphatic carbocycles. The maximum absolute atomic E-state index is 13.0. The number of amides is 3. The lowest BCUT2D eigenvalue weighted by molar-refractivity contribution is -0.132. The molecule has 166 valence electrons. The van der Waals surface area contributed by atoms with Gasteiger partial charge in [-0.15, -0.1) is 11.3 Å². The van der Waals surface area contributed by atoms with Crippen LogP contribution in [0.25, 0.3) is 0 Å². The lowest BCUT2D eigenvalue weighted by atomic mass is 9.96. The molecule has 8 nitrogen and oxygen atoms in total. The fraction of sp³-hybridized carbons (Fsp3) is 0.304. The average Bonchev–Trinajstić information content (AvgIpc) is 3.46. The molecule has 9 heteroatoms. The number of rotatable bonds is 7. The number of fused-ring (bicyclic) bond motifs is 1. The van der Waals surface area contributed by atoms with E-state index in [1.807, 2.05) is 47.8 Å². The van der Waals surface area contributed by atoms with E-state index >= 15 is 0 Å². The Balaban J connectivity index is 1.44. The molecule has 0 bridgehead atoms. The molecule has 3 amide bonds. The molecule has 3 aromatic rings. The number of nitrogens with zero attached hydrogens (tertiary/aromatic N) is 3. The quantitative estimate of drug-likeness (QED) is 0.575. The molecule has 1 aliphatic heterocycles. The first-order valence-electron chi connectivity index (χ1n) is 10.4. The fourth-order valence-electron chi connectivity index (χ4n) is 3.65. The number of thiophene rings is 1. The van der Waals surface area contributed by atoms with E-state index in [1.54, 1.807) is 25.3 Å². The Hall–Kier alpha value is -3.46. The highest BCUT2D eigenvalue weighted by Gasteiger charge is 2.46. The van der Waals surface area contributed by atoms with Gasteiger partial charge in [-0.2, -0.15) is 5.10 Å². The van der Waals surface area contributed by atoms with E-state index in [-0.39, 0.29) is 30.0 Å². The molecule has 0 fully saturated rings. The highest BCUT2D eigenvalue weighted by atomic mass is 32.1. The SMILES string of the molecule is CN1C(=O)c2cc(C(=O)NCCc3cccs3)nn2CC1(C)C(=O)NCc1ccccc1. The van der Waals surface area contributed by atoms with Crippen LogP contribution in [0.15, 0.2) is 53.9 Å². The van der Waals surface area contributed by atoms with Crippen molar-refractivity contribution in [3.05, 3.63) is 75.7 Å². The summed E-state index contributed by atoms with van der Waals surface area (Å²) in [5.41, 5.74) is 0.305. The standard InChI is InChI=1S/C23H25N5O3S/c1-23(22(31)25-14-16-7-4-3-5-8-16)15-28-19(21(30)27(23)2)13-18(26-28)20(29)24-11-10-17-9-6-12-32-17/h3-9,12-13H,10-11,14-15H2,1-2H3,(H,24,29)(H,25,31). The van der Waals surface area contributed by atoms with Crippen molar-refractivity contribution in [2.75, 3.05) is 13.6 Å². The van der Waals surface area contributed by atoms with Crippen LogP contribution in [-0.2, 0) is 24.3 Å². The first-order chi connectivity index (χ1) is 15.4. The molecule has 1 aromatic carbocycles. The average molecular weight is 452 g/mol. The second kappa shape index (κ2) is 8.96. The highest BCUT2D eigenvalue weighted by molar-refractivity contribution is 7.09. The van der Waals surface area contributed by atoms with Gasteiger partial charge in [0.2, 0.25) is 5.91 Å². The van der Waals surface area contributed by atoms with Gasteiger partial charge >= 0.3 is 0 Å². The minimum absolute atomic E-state index is 0.160. The van der Waals surface area contributed by atoms with E-state index in [4.69, 9.17) is 0 Å². The lowest BCUT2D eigenvalue weighted by Gasteiger charge is -2.40. The number of carbonyl (C=O) groups is 3. The van der Waals surface area contributed by atoms with Crippen molar-refractivity contribution in [3.63, 3.8) is 0 Å². The first kappa shape index (κ1) is 21.8. The summed E-state index contributed by atoms with van der Waals surface area (Å²) in [6.45, 7) is 2.71. The molecule has 4 rings (SSSR count). The highest BCUT2D eigenvalue weighted by Crippen LogP contribution is 2.26. The number of likely N-dealkylation sites (N-methyl/N-ethyl adjacent to an activating group) is 1. The molecule has 0 spiro atoms. The van der Waals surface area contributed by atoms with E-state index in [9.17, 15) is 14.4 Å². The summed E-state index contributed by atoms with van der Waals surface area (Å²) in [6, 6.07) is 15.0. The topological polar surface area (TPSA) is 96.3 Å². The fourth-order valence-corrected chi connectivity index (χ4v) is 4.36. The summed E-state index contributed by atoms with van der Waals surface area (Å²) in [7, 11) is 1.60. The Kier molecular flexibility index (Phi) is 6.09. The molecule has 0 saturated carbocycles. The zero-order valence-electron chi connectivity index (χ0n) is 18.0. The largest absolute Gasteiger partial charge is 0.350 e. The van der Waals surface area contributed by atoms with Gasteiger partial charge in [-0.25, -0.2) is 0 Å². The van der Waals surface area contributed by atoms with Crippen molar-refractivity contribution < 1.29 is 14.4 Å². The predicted octanol–water partition coefficient (Wildman–Crippen LogP) is 2.08. The number of benzene rings is 1. The zero-order valence-corrected chi connectivity index (χ0v) is 18.8. The van der Waals surface area contributed by atoms with Crippen molar-refractivity contribution in [3.8, 4) is 0 Å². The zero-order chi connectivity index (χ0) is 22.7. The summed E-state index contributed by atoms with van der Waals surface area (Å²) < 4.78 is 1.46. The Labute approximate surface area is 190 Å². The van der Waals surface area contributed by atoms with Gasteiger partial charge in [0.05, 0.1) is 6.54 Å². The van der Waals surface area contributed by atoms with Crippen LogP contribution in [0.3, 0.4) is 0 Å². The van der Waals surface area contributed by atoms with Crippen LogP contribution in [0.1, 0.15) is 38.3 Å². The van der Waals surface area contributed by atoms with Crippen LogP contribution >= 0.6 is 11.3 Å².